The Hall–Kier alpha value is -1.33. The molecule has 1 rings (SSSR count). The number of anilines is 1. The van der Waals surface area contributed by atoms with Crippen LogP contribution in [0, 0.1) is 6.92 Å². The topological polar surface area (TPSA) is 51.8 Å². The number of aromatic nitrogens is 2. The van der Waals surface area contributed by atoms with E-state index < -0.39 is 17.7 Å². The minimum absolute atomic E-state index is 0.191. The summed E-state index contributed by atoms with van der Waals surface area (Å²) in [5.41, 5.74) is 4.05. The molecule has 66 valence electrons. The monoisotopic (exact) mass is 177 g/mol. The maximum Gasteiger partial charge on any atom is 0.437 e. The standard InChI is InChI=1S/C6H6F3N3/c1-3-2-11-5(10)4(12-3)6(7,8)9/h2H,1H3,(H2,10,11). The second-order valence-corrected chi connectivity index (χ2v) is 2.24. The van der Waals surface area contributed by atoms with E-state index in [2.05, 4.69) is 9.97 Å². The highest BCUT2D eigenvalue weighted by molar-refractivity contribution is 5.36. The van der Waals surface area contributed by atoms with Gasteiger partial charge in [-0.2, -0.15) is 13.2 Å². The molecule has 0 aliphatic carbocycles. The van der Waals surface area contributed by atoms with E-state index in [4.69, 9.17) is 5.73 Å². The summed E-state index contributed by atoms with van der Waals surface area (Å²) in [6.45, 7) is 1.42. The van der Waals surface area contributed by atoms with E-state index in [-0.39, 0.29) is 5.69 Å². The van der Waals surface area contributed by atoms with Crippen LogP contribution in [0.1, 0.15) is 11.4 Å². The Labute approximate surface area is 66.4 Å². The molecule has 3 nitrogen and oxygen atoms in total. The van der Waals surface area contributed by atoms with Crippen LogP contribution in [-0.4, -0.2) is 9.97 Å². The van der Waals surface area contributed by atoms with Crippen LogP contribution in [0.5, 0.6) is 0 Å². The minimum atomic E-state index is -4.52. The summed E-state index contributed by atoms with van der Waals surface area (Å²) >= 11 is 0. The molecule has 0 fully saturated rings. The van der Waals surface area contributed by atoms with Crippen molar-refractivity contribution in [3.05, 3.63) is 17.6 Å². The van der Waals surface area contributed by atoms with Crippen molar-refractivity contribution in [2.24, 2.45) is 0 Å². The highest BCUT2D eigenvalue weighted by Crippen LogP contribution is 2.30. The summed E-state index contributed by atoms with van der Waals surface area (Å²) in [5, 5.41) is 0. The normalized spacial score (nSPS) is 11.7. The number of halogens is 3. The molecule has 0 aliphatic heterocycles. The van der Waals surface area contributed by atoms with Crippen molar-refractivity contribution in [1.82, 2.24) is 9.97 Å². The van der Waals surface area contributed by atoms with E-state index >= 15 is 0 Å². The quantitative estimate of drug-likeness (QED) is 0.651. The Bertz CT molecular complexity index is 295. The Morgan fingerprint density at radius 3 is 2.42 bits per heavy atom. The summed E-state index contributed by atoms with van der Waals surface area (Å²) in [7, 11) is 0. The molecule has 0 radical (unpaired) electrons. The zero-order valence-corrected chi connectivity index (χ0v) is 6.18. The van der Waals surface area contributed by atoms with Gasteiger partial charge in [-0.1, -0.05) is 0 Å². The van der Waals surface area contributed by atoms with Gasteiger partial charge in [-0.3, -0.25) is 0 Å². The first-order valence-electron chi connectivity index (χ1n) is 3.07. The average molecular weight is 177 g/mol. The highest BCUT2D eigenvalue weighted by Gasteiger charge is 2.35. The molecule has 0 saturated heterocycles. The van der Waals surface area contributed by atoms with Crippen molar-refractivity contribution in [3.8, 4) is 0 Å². The number of alkyl halides is 3. The third kappa shape index (κ3) is 1.63. The first-order chi connectivity index (χ1) is 5.41. The van der Waals surface area contributed by atoms with Gasteiger partial charge in [0, 0.05) is 0 Å². The third-order valence-electron chi connectivity index (χ3n) is 1.19. The second kappa shape index (κ2) is 2.62. The SMILES string of the molecule is Cc1cnc(N)c(C(F)(F)F)n1. The van der Waals surface area contributed by atoms with Crippen LogP contribution < -0.4 is 5.73 Å². The Morgan fingerprint density at radius 1 is 1.42 bits per heavy atom. The summed E-state index contributed by atoms with van der Waals surface area (Å²) in [4.78, 5) is 6.57. The first-order valence-corrected chi connectivity index (χ1v) is 3.07. The molecule has 1 aromatic heterocycles. The fraction of sp³-hybridized carbons (Fsp3) is 0.333. The zero-order chi connectivity index (χ0) is 9.35. The van der Waals surface area contributed by atoms with Crippen LogP contribution in [0.3, 0.4) is 0 Å². The van der Waals surface area contributed by atoms with E-state index in [1.807, 2.05) is 0 Å². The molecule has 1 aromatic rings. The van der Waals surface area contributed by atoms with Gasteiger partial charge in [0.1, 0.15) is 0 Å². The predicted octanol–water partition coefficient (Wildman–Crippen LogP) is 1.39. The zero-order valence-electron chi connectivity index (χ0n) is 6.18. The molecule has 0 bridgehead atoms. The van der Waals surface area contributed by atoms with Gasteiger partial charge in [0.2, 0.25) is 0 Å². The van der Waals surface area contributed by atoms with Gasteiger partial charge in [0.15, 0.2) is 11.5 Å². The molecule has 0 spiro atoms. The largest absolute Gasteiger partial charge is 0.437 e. The fourth-order valence-corrected chi connectivity index (χ4v) is 0.695. The highest BCUT2D eigenvalue weighted by atomic mass is 19.4. The molecule has 6 heteroatoms. The number of hydrogen-bond donors (Lipinski definition) is 1. The molecule has 0 atom stereocenters. The molecule has 12 heavy (non-hydrogen) atoms. The molecule has 0 saturated carbocycles. The van der Waals surface area contributed by atoms with Crippen LogP contribution in [0.15, 0.2) is 6.20 Å². The fourth-order valence-electron chi connectivity index (χ4n) is 0.695. The second-order valence-electron chi connectivity index (χ2n) is 2.24. The van der Waals surface area contributed by atoms with Gasteiger partial charge in [-0.05, 0) is 6.92 Å². The number of rotatable bonds is 0. The smallest absolute Gasteiger partial charge is 0.382 e. The lowest BCUT2D eigenvalue weighted by Crippen LogP contribution is -2.13. The number of nitrogens with two attached hydrogens (primary N) is 1. The lowest BCUT2D eigenvalue weighted by Gasteiger charge is -2.07. The molecule has 0 aromatic carbocycles. The molecule has 0 amide bonds. The Balaban J connectivity index is 3.23. The van der Waals surface area contributed by atoms with Crippen LogP contribution in [0.25, 0.3) is 0 Å². The van der Waals surface area contributed by atoms with Gasteiger partial charge in [-0.15, -0.1) is 0 Å². The number of aryl methyl sites for hydroxylation is 1. The lowest BCUT2D eigenvalue weighted by molar-refractivity contribution is -0.140. The number of nitrogen functional groups attached to an aromatic ring is 1. The average Bonchev–Trinajstić information content (AvgIpc) is 1.92. The van der Waals surface area contributed by atoms with Gasteiger partial charge in [-0.25, -0.2) is 9.97 Å². The van der Waals surface area contributed by atoms with Crippen molar-refractivity contribution in [2.75, 3.05) is 5.73 Å². The molecule has 1 heterocycles. The van der Waals surface area contributed by atoms with Crippen LogP contribution in [0.2, 0.25) is 0 Å². The maximum absolute atomic E-state index is 12.0. The number of hydrogen-bond acceptors (Lipinski definition) is 3. The first kappa shape index (κ1) is 8.76. The number of nitrogens with zero attached hydrogens (tertiary/aromatic N) is 2. The third-order valence-corrected chi connectivity index (χ3v) is 1.19. The van der Waals surface area contributed by atoms with Crippen molar-refractivity contribution in [3.63, 3.8) is 0 Å². The summed E-state index contributed by atoms with van der Waals surface area (Å²) in [6.07, 6.45) is -3.34. The minimum Gasteiger partial charge on any atom is -0.382 e. The molecular weight excluding hydrogens is 171 g/mol. The molecular formula is C6H6F3N3. The van der Waals surface area contributed by atoms with Crippen molar-refractivity contribution >= 4 is 5.82 Å². The molecule has 2 N–H and O–H groups in total. The van der Waals surface area contributed by atoms with Gasteiger partial charge >= 0.3 is 6.18 Å². The van der Waals surface area contributed by atoms with Gasteiger partial charge in [0.25, 0.3) is 0 Å². The Morgan fingerprint density at radius 2 is 2.00 bits per heavy atom. The van der Waals surface area contributed by atoms with Gasteiger partial charge < -0.3 is 5.73 Å². The summed E-state index contributed by atoms with van der Waals surface area (Å²) in [6, 6.07) is 0. The van der Waals surface area contributed by atoms with E-state index in [1.54, 1.807) is 0 Å². The lowest BCUT2D eigenvalue weighted by atomic mass is 10.4. The van der Waals surface area contributed by atoms with Crippen molar-refractivity contribution < 1.29 is 13.2 Å². The van der Waals surface area contributed by atoms with Gasteiger partial charge in [0.05, 0.1) is 11.9 Å². The van der Waals surface area contributed by atoms with Crippen LogP contribution >= 0.6 is 0 Å². The van der Waals surface area contributed by atoms with Crippen molar-refractivity contribution in [1.29, 1.82) is 0 Å². The van der Waals surface area contributed by atoms with E-state index in [1.165, 1.54) is 13.1 Å². The van der Waals surface area contributed by atoms with Crippen molar-refractivity contribution in [2.45, 2.75) is 13.1 Å². The molecule has 0 unspecified atom stereocenters. The van der Waals surface area contributed by atoms with E-state index in [0.717, 1.165) is 0 Å². The summed E-state index contributed by atoms with van der Waals surface area (Å²) in [5.74, 6) is -0.590. The van der Waals surface area contributed by atoms with E-state index in [0.29, 0.717) is 0 Å². The predicted molar refractivity (Wildman–Crippen MR) is 36.2 cm³/mol. The van der Waals surface area contributed by atoms with E-state index in [9.17, 15) is 13.2 Å². The Kier molecular flexibility index (Phi) is 1.91. The van der Waals surface area contributed by atoms with Crippen LogP contribution in [0.4, 0.5) is 19.0 Å². The molecule has 0 aliphatic rings. The maximum atomic E-state index is 12.0. The summed E-state index contributed by atoms with van der Waals surface area (Å²) < 4.78 is 36.1. The van der Waals surface area contributed by atoms with Crippen LogP contribution in [-0.2, 0) is 6.18 Å².